The minimum atomic E-state index is -2.53. The second kappa shape index (κ2) is 17.5. The van der Waals surface area contributed by atoms with E-state index in [1.54, 1.807) is 35.8 Å². The van der Waals surface area contributed by atoms with Crippen molar-refractivity contribution in [1.29, 1.82) is 0 Å². The van der Waals surface area contributed by atoms with Crippen LogP contribution in [-0.2, 0) is 26.0 Å². The van der Waals surface area contributed by atoms with Gasteiger partial charge < -0.3 is 28.5 Å². The third kappa shape index (κ3) is 9.64. The summed E-state index contributed by atoms with van der Waals surface area (Å²) in [6, 6.07) is 26.7. The lowest BCUT2D eigenvalue weighted by atomic mass is 9.80. The van der Waals surface area contributed by atoms with Gasteiger partial charge in [0.25, 0.3) is 5.56 Å². The molecule has 1 N–H and O–H groups in total. The molecule has 3 aromatic carbocycles. The van der Waals surface area contributed by atoms with Crippen LogP contribution in [0.25, 0.3) is 0 Å². The summed E-state index contributed by atoms with van der Waals surface area (Å²) in [5.74, 6) is 1.96. The van der Waals surface area contributed by atoms with Gasteiger partial charge >= 0.3 is 5.69 Å². The zero-order chi connectivity index (χ0) is 40.2. The summed E-state index contributed by atoms with van der Waals surface area (Å²) in [7, 11) is 4.04. The van der Waals surface area contributed by atoms with Crippen LogP contribution in [0.2, 0.25) is 18.1 Å². The second-order valence-corrected chi connectivity index (χ2v) is 24.2. The molecule has 0 bridgehead atoms. The first-order chi connectivity index (χ1) is 25.9. The average Bonchev–Trinajstić information content (AvgIpc) is 3.44. The third-order valence-corrected chi connectivity index (χ3v) is 18.1. The zero-order valence-corrected chi connectivity index (χ0v) is 36.2. The maximum Gasteiger partial charge on any atom is 0.333 e. The molecular formula is C42H56N2O8S2Si. The molecule has 2 heterocycles. The summed E-state index contributed by atoms with van der Waals surface area (Å²) in [4.78, 5) is 27.2. The van der Waals surface area contributed by atoms with Crippen LogP contribution in [0.5, 0.6) is 11.5 Å². The smallest absolute Gasteiger partial charge is 0.333 e. The Labute approximate surface area is 334 Å². The normalized spacial score (nSPS) is 19.4. The zero-order valence-electron chi connectivity index (χ0n) is 33.6. The highest BCUT2D eigenvalue weighted by Gasteiger charge is 2.52. The van der Waals surface area contributed by atoms with Crippen LogP contribution < -0.4 is 20.7 Å². The Bertz CT molecular complexity index is 1930. The first-order valence-electron chi connectivity index (χ1n) is 18.5. The van der Waals surface area contributed by atoms with Gasteiger partial charge in [-0.2, -0.15) is 0 Å². The molecule has 298 valence electrons. The maximum absolute atomic E-state index is 14.1. The number of aliphatic hydroxyl groups excluding tert-OH is 1. The summed E-state index contributed by atoms with van der Waals surface area (Å²) in [6.07, 6.45) is -2.58. The highest BCUT2D eigenvalue weighted by atomic mass is 33.1. The van der Waals surface area contributed by atoms with Gasteiger partial charge in [-0.15, -0.1) is 0 Å². The van der Waals surface area contributed by atoms with Crippen LogP contribution in [0.15, 0.2) is 101 Å². The van der Waals surface area contributed by atoms with Crippen LogP contribution in [0.1, 0.15) is 64.5 Å². The molecule has 55 heavy (non-hydrogen) atoms. The van der Waals surface area contributed by atoms with E-state index < -0.39 is 49.7 Å². The van der Waals surface area contributed by atoms with E-state index in [-0.39, 0.29) is 22.9 Å². The minimum absolute atomic E-state index is 0.0323. The Balaban J connectivity index is 1.57. The molecule has 1 saturated heterocycles. The van der Waals surface area contributed by atoms with Crippen LogP contribution in [0, 0.1) is 0 Å². The minimum Gasteiger partial charge on any atom is -0.497 e. The Hall–Kier alpha value is -3.30. The second-order valence-electron chi connectivity index (χ2n) is 16.2. The molecule has 1 aliphatic rings. The predicted molar refractivity (Wildman–Crippen MR) is 225 cm³/mol. The number of ether oxygens (including phenoxy) is 4. The molecule has 10 nitrogen and oxygen atoms in total. The van der Waals surface area contributed by atoms with Gasteiger partial charge in [0.2, 0.25) is 0 Å². The van der Waals surface area contributed by atoms with Crippen molar-refractivity contribution in [3.8, 4) is 11.5 Å². The van der Waals surface area contributed by atoms with Gasteiger partial charge in [-0.25, -0.2) is 4.79 Å². The van der Waals surface area contributed by atoms with Crippen molar-refractivity contribution in [2.45, 2.75) is 101 Å². The fraction of sp³-hybridized carbons (Fsp3) is 0.476. The number of methoxy groups -OCH3 is 2. The molecule has 1 fully saturated rings. The molecule has 1 aromatic heterocycles. The van der Waals surface area contributed by atoms with Crippen LogP contribution in [-0.4, -0.2) is 72.2 Å². The summed E-state index contributed by atoms with van der Waals surface area (Å²) < 4.78 is 34.4. The van der Waals surface area contributed by atoms with Crippen molar-refractivity contribution in [2.75, 3.05) is 26.6 Å². The lowest BCUT2D eigenvalue weighted by Crippen LogP contribution is -2.50. The van der Waals surface area contributed by atoms with Gasteiger partial charge in [-0.3, -0.25) is 13.9 Å². The van der Waals surface area contributed by atoms with E-state index in [1.165, 1.54) is 21.4 Å². The Kier molecular flexibility index (Phi) is 13.6. The van der Waals surface area contributed by atoms with Crippen LogP contribution in [0.4, 0.5) is 0 Å². The molecule has 0 amide bonds. The SMILES string of the molecule is COc1ccc(C(OC[C@H]2O[C@@H](n3ccc(=O)n(CCSSC(C)(C)C)c3=O)[C@H](O[Si](C)(C)C(C)(C)C)[C@@H]2O)(c2ccccc2)c2ccc(OC)cc2)cc1. The quantitative estimate of drug-likeness (QED) is 0.0552. The van der Waals surface area contributed by atoms with Gasteiger partial charge in [0.15, 0.2) is 14.5 Å². The van der Waals surface area contributed by atoms with E-state index in [1.807, 2.05) is 78.9 Å². The molecule has 0 spiro atoms. The number of hydrogen-bond donors (Lipinski definition) is 1. The standard InChI is InChI=1S/C42H56N2O8S2Si/c1-40(2,3)54-53-27-26-43-35(45)24-25-44(39(43)47)38-37(52-55(9,10)41(4,5)6)36(46)34(51-38)28-50-42(29-14-12-11-13-15-29,30-16-20-32(48-7)21-17-30)31-18-22-33(49-8)23-19-31/h11-25,34,36-38,46H,26-28H2,1-10H3/t34-,36-,37-,38-/m1/s1. The van der Waals surface area contributed by atoms with Crippen molar-refractivity contribution in [3.05, 3.63) is 129 Å². The predicted octanol–water partition coefficient (Wildman–Crippen LogP) is 7.86. The van der Waals surface area contributed by atoms with E-state index in [2.05, 4.69) is 54.6 Å². The van der Waals surface area contributed by atoms with E-state index in [0.29, 0.717) is 17.3 Å². The molecule has 13 heteroatoms. The highest BCUT2D eigenvalue weighted by Crippen LogP contribution is 2.45. The van der Waals surface area contributed by atoms with Crippen LogP contribution >= 0.6 is 21.6 Å². The van der Waals surface area contributed by atoms with Crippen molar-refractivity contribution < 1.29 is 28.5 Å². The molecule has 4 atom stereocenters. The molecule has 4 aromatic rings. The highest BCUT2D eigenvalue weighted by molar-refractivity contribution is 8.77. The van der Waals surface area contributed by atoms with Gasteiger partial charge in [-0.05, 0) is 59.1 Å². The first-order valence-corrected chi connectivity index (χ1v) is 23.8. The van der Waals surface area contributed by atoms with Gasteiger partial charge in [0, 0.05) is 29.3 Å². The fourth-order valence-corrected chi connectivity index (χ4v) is 9.80. The summed E-state index contributed by atoms with van der Waals surface area (Å²) in [5.41, 5.74) is 0.432. The number of aliphatic hydroxyl groups is 1. The Morgan fingerprint density at radius 2 is 1.35 bits per heavy atom. The molecule has 0 unspecified atom stereocenters. The van der Waals surface area contributed by atoms with E-state index in [4.69, 9.17) is 23.4 Å². The first kappa shape index (κ1) is 42.8. The topological polar surface area (TPSA) is 110 Å². The number of nitrogens with zero attached hydrogens (tertiary/aromatic N) is 2. The fourth-order valence-electron chi connectivity index (χ4n) is 6.28. The molecule has 1 aliphatic heterocycles. The van der Waals surface area contributed by atoms with E-state index >= 15 is 0 Å². The maximum atomic E-state index is 14.1. The largest absolute Gasteiger partial charge is 0.497 e. The summed E-state index contributed by atoms with van der Waals surface area (Å²) >= 11 is 0. The number of benzene rings is 3. The molecule has 5 rings (SSSR count). The Morgan fingerprint density at radius 1 is 0.800 bits per heavy atom. The van der Waals surface area contributed by atoms with Gasteiger partial charge in [0.05, 0.1) is 20.8 Å². The van der Waals surface area contributed by atoms with Gasteiger partial charge in [0.1, 0.15) is 35.4 Å². The van der Waals surface area contributed by atoms with Crippen LogP contribution in [0.3, 0.4) is 0 Å². The Morgan fingerprint density at radius 3 is 1.85 bits per heavy atom. The molecule has 0 radical (unpaired) electrons. The van der Waals surface area contributed by atoms with E-state index in [9.17, 15) is 14.7 Å². The summed E-state index contributed by atoms with van der Waals surface area (Å²) in [5, 5.41) is 12.0. The van der Waals surface area contributed by atoms with Crippen molar-refractivity contribution >= 4 is 29.9 Å². The molecule has 0 aliphatic carbocycles. The molecular weight excluding hydrogens is 753 g/mol. The molecule has 0 saturated carbocycles. The van der Waals surface area contributed by atoms with E-state index in [0.717, 1.165) is 16.7 Å². The van der Waals surface area contributed by atoms with Gasteiger partial charge in [-0.1, -0.05) is 118 Å². The van der Waals surface area contributed by atoms with Crippen molar-refractivity contribution in [2.24, 2.45) is 0 Å². The summed E-state index contributed by atoms with van der Waals surface area (Å²) in [6.45, 7) is 17.1. The lowest BCUT2D eigenvalue weighted by Gasteiger charge is -2.40. The monoisotopic (exact) mass is 808 g/mol. The van der Waals surface area contributed by atoms with Crippen molar-refractivity contribution in [1.82, 2.24) is 9.13 Å². The average molecular weight is 809 g/mol. The van der Waals surface area contributed by atoms with Crippen molar-refractivity contribution in [3.63, 3.8) is 0 Å². The number of hydrogen-bond acceptors (Lipinski definition) is 10. The lowest BCUT2D eigenvalue weighted by molar-refractivity contribution is -0.0958. The number of aromatic nitrogens is 2. The third-order valence-electron chi connectivity index (χ3n) is 10.3. The number of rotatable bonds is 15.